The smallest absolute Gasteiger partial charge is 0.227 e. The average Bonchev–Trinajstić information content (AvgIpc) is 3.18. The number of hydrogen-bond acceptors (Lipinski definition) is 5. The first kappa shape index (κ1) is 17.2. The van der Waals surface area contributed by atoms with Gasteiger partial charge in [0, 0.05) is 19.6 Å². The summed E-state index contributed by atoms with van der Waals surface area (Å²) in [6.07, 6.45) is 0.790. The molecule has 1 N–H and O–H groups in total. The van der Waals surface area contributed by atoms with Gasteiger partial charge in [0.25, 0.3) is 0 Å². The van der Waals surface area contributed by atoms with Crippen LogP contribution >= 0.6 is 0 Å². The Morgan fingerprint density at radius 2 is 2.00 bits per heavy atom. The summed E-state index contributed by atoms with van der Waals surface area (Å²) >= 11 is 0. The number of aryl methyl sites for hydroxylation is 1. The number of β-amino-alcohol motifs (C(OH)–C–C–N with tert-alkyl or cyclic N) is 1. The number of carbonyl (C=O) groups is 1. The fourth-order valence-corrected chi connectivity index (χ4v) is 3.91. The van der Waals surface area contributed by atoms with E-state index in [9.17, 15) is 9.90 Å². The highest BCUT2D eigenvalue weighted by Gasteiger charge is 2.35. The van der Waals surface area contributed by atoms with Crippen LogP contribution in [0.4, 0.5) is 0 Å². The molecular formula is C19H25N5O2. The van der Waals surface area contributed by atoms with Crippen molar-refractivity contribution in [2.45, 2.75) is 45.0 Å². The summed E-state index contributed by atoms with van der Waals surface area (Å²) in [6.45, 7) is 4.57. The molecule has 4 rings (SSSR count). The van der Waals surface area contributed by atoms with Crippen molar-refractivity contribution in [1.82, 2.24) is 24.6 Å². The van der Waals surface area contributed by atoms with Crippen LogP contribution in [-0.4, -0.2) is 61.8 Å². The lowest BCUT2D eigenvalue weighted by molar-refractivity contribution is -0.132. The molecule has 0 spiro atoms. The van der Waals surface area contributed by atoms with Gasteiger partial charge < -0.3 is 14.6 Å². The highest BCUT2D eigenvalue weighted by Crippen LogP contribution is 2.30. The Labute approximate surface area is 153 Å². The number of nitrogens with zero attached hydrogens (tertiary/aromatic N) is 5. The van der Waals surface area contributed by atoms with Crippen LogP contribution in [0.5, 0.6) is 0 Å². The van der Waals surface area contributed by atoms with Gasteiger partial charge in [0.1, 0.15) is 0 Å². The molecule has 0 unspecified atom stereocenters. The first-order valence-corrected chi connectivity index (χ1v) is 9.15. The SMILES string of the molecule is Cc1ccc(CC(=O)N2CCn3c(nnc3[C@@H]3C[C@@H](O)CN3C)C2)cc1. The molecule has 138 valence electrons. The van der Waals surface area contributed by atoms with Gasteiger partial charge in [0.2, 0.25) is 5.91 Å². The minimum Gasteiger partial charge on any atom is -0.392 e. The van der Waals surface area contributed by atoms with Gasteiger partial charge in [-0.1, -0.05) is 29.8 Å². The molecule has 2 aliphatic rings. The highest BCUT2D eigenvalue weighted by atomic mass is 16.3. The molecular weight excluding hydrogens is 330 g/mol. The quantitative estimate of drug-likeness (QED) is 0.886. The van der Waals surface area contributed by atoms with Crippen LogP contribution in [0.15, 0.2) is 24.3 Å². The van der Waals surface area contributed by atoms with E-state index in [1.54, 1.807) is 0 Å². The normalized spacial score (nSPS) is 23.3. The van der Waals surface area contributed by atoms with E-state index < -0.39 is 0 Å². The zero-order valence-corrected chi connectivity index (χ0v) is 15.3. The lowest BCUT2D eigenvalue weighted by atomic mass is 10.1. The molecule has 0 aliphatic carbocycles. The standard InChI is InChI=1S/C19H25N5O2/c1-13-3-5-14(6-4-13)9-18(26)23-7-8-24-17(12-23)20-21-19(24)16-10-15(25)11-22(16)2/h3-6,15-16,25H,7-12H2,1-2H3/t15-,16+/m1/s1. The van der Waals surface area contributed by atoms with Crippen molar-refractivity contribution >= 4 is 5.91 Å². The number of aromatic nitrogens is 3. The number of fused-ring (bicyclic) bond motifs is 1. The lowest BCUT2D eigenvalue weighted by Gasteiger charge is -2.29. The maximum Gasteiger partial charge on any atom is 0.227 e. The van der Waals surface area contributed by atoms with E-state index in [0.29, 0.717) is 39.0 Å². The minimum atomic E-state index is -0.311. The molecule has 0 bridgehead atoms. The number of amides is 1. The van der Waals surface area contributed by atoms with Crippen molar-refractivity contribution < 1.29 is 9.90 Å². The van der Waals surface area contributed by atoms with E-state index in [0.717, 1.165) is 17.2 Å². The molecule has 7 nitrogen and oxygen atoms in total. The average molecular weight is 355 g/mol. The molecule has 3 heterocycles. The number of aliphatic hydroxyl groups excluding tert-OH is 1. The molecule has 26 heavy (non-hydrogen) atoms. The third kappa shape index (κ3) is 3.24. The van der Waals surface area contributed by atoms with Gasteiger partial charge in [-0.05, 0) is 26.0 Å². The summed E-state index contributed by atoms with van der Waals surface area (Å²) < 4.78 is 2.12. The number of likely N-dealkylation sites (tertiary alicyclic amines) is 1. The van der Waals surface area contributed by atoms with Gasteiger partial charge in [-0.15, -0.1) is 10.2 Å². The molecule has 0 saturated carbocycles. The van der Waals surface area contributed by atoms with Crippen molar-refractivity contribution in [3.8, 4) is 0 Å². The largest absolute Gasteiger partial charge is 0.392 e. The van der Waals surface area contributed by atoms with Crippen LogP contribution in [0.1, 0.15) is 35.2 Å². The number of carbonyl (C=O) groups excluding carboxylic acids is 1. The van der Waals surface area contributed by atoms with Gasteiger partial charge in [0.05, 0.1) is 25.1 Å². The van der Waals surface area contributed by atoms with Crippen LogP contribution in [0.25, 0.3) is 0 Å². The van der Waals surface area contributed by atoms with Crippen molar-refractivity contribution in [3.63, 3.8) is 0 Å². The van der Waals surface area contributed by atoms with Gasteiger partial charge in [-0.3, -0.25) is 9.69 Å². The summed E-state index contributed by atoms with van der Waals surface area (Å²) in [5.41, 5.74) is 2.23. The molecule has 1 amide bonds. The Balaban J connectivity index is 1.45. The Hall–Kier alpha value is -2.25. The second kappa shape index (κ2) is 6.81. The Kier molecular flexibility index (Phi) is 4.50. The summed E-state index contributed by atoms with van der Waals surface area (Å²) in [5.74, 6) is 1.86. The first-order chi connectivity index (χ1) is 12.5. The Morgan fingerprint density at radius 1 is 1.23 bits per heavy atom. The Morgan fingerprint density at radius 3 is 2.69 bits per heavy atom. The van der Waals surface area contributed by atoms with E-state index in [4.69, 9.17) is 0 Å². The molecule has 1 aromatic carbocycles. The van der Waals surface area contributed by atoms with E-state index in [1.165, 1.54) is 5.56 Å². The van der Waals surface area contributed by atoms with Gasteiger partial charge >= 0.3 is 0 Å². The number of benzene rings is 1. The molecule has 1 saturated heterocycles. The Bertz CT molecular complexity index is 801. The van der Waals surface area contributed by atoms with E-state index in [2.05, 4.69) is 19.7 Å². The fraction of sp³-hybridized carbons (Fsp3) is 0.526. The van der Waals surface area contributed by atoms with Crippen LogP contribution < -0.4 is 0 Å². The maximum atomic E-state index is 12.6. The summed E-state index contributed by atoms with van der Waals surface area (Å²) in [4.78, 5) is 16.6. The summed E-state index contributed by atoms with van der Waals surface area (Å²) in [5, 5.41) is 18.6. The van der Waals surface area contributed by atoms with Crippen molar-refractivity contribution in [1.29, 1.82) is 0 Å². The lowest BCUT2D eigenvalue weighted by Crippen LogP contribution is -2.40. The highest BCUT2D eigenvalue weighted by molar-refractivity contribution is 5.78. The summed E-state index contributed by atoms with van der Waals surface area (Å²) in [7, 11) is 2.00. The van der Waals surface area contributed by atoms with Crippen LogP contribution in [-0.2, 0) is 24.3 Å². The zero-order chi connectivity index (χ0) is 18.3. The van der Waals surface area contributed by atoms with E-state index in [-0.39, 0.29) is 18.1 Å². The van der Waals surface area contributed by atoms with Crippen molar-refractivity contribution in [2.24, 2.45) is 0 Å². The third-order valence-corrected chi connectivity index (χ3v) is 5.43. The zero-order valence-electron chi connectivity index (χ0n) is 15.3. The van der Waals surface area contributed by atoms with Gasteiger partial charge in [-0.25, -0.2) is 0 Å². The van der Waals surface area contributed by atoms with Crippen molar-refractivity contribution in [2.75, 3.05) is 20.1 Å². The molecule has 2 aliphatic heterocycles. The fourth-order valence-electron chi connectivity index (χ4n) is 3.91. The van der Waals surface area contributed by atoms with Gasteiger partial charge in [-0.2, -0.15) is 0 Å². The van der Waals surface area contributed by atoms with Crippen LogP contribution in [0.3, 0.4) is 0 Å². The van der Waals surface area contributed by atoms with Crippen molar-refractivity contribution in [3.05, 3.63) is 47.0 Å². The number of rotatable bonds is 3. The van der Waals surface area contributed by atoms with Gasteiger partial charge in [0.15, 0.2) is 11.6 Å². The van der Waals surface area contributed by atoms with E-state index in [1.807, 2.05) is 43.1 Å². The second-order valence-corrected chi connectivity index (χ2v) is 7.45. The van der Waals surface area contributed by atoms with Crippen LogP contribution in [0.2, 0.25) is 0 Å². The maximum absolute atomic E-state index is 12.6. The minimum absolute atomic E-state index is 0.0982. The molecule has 7 heteroatoms. The number of hydrogen-bond donors (Lipinski definition) is 1. The molecule has 2 aromatic rings. The molecule has 2 atom stereocenters. The molecule has 1 fully saturated rings. The number of aliphatic hydroxyl groups is 1. The summed E-state index contributed by atoms with van der Waals surface area (Å²) in [6, 6.07) is 8.20. The molecule has 1 aromatic heterocycles. The predicted molar refractivity (Wildman–Crippen MR) is 96.3 cm³/mol. The third-order valence-electron chi connectivity index (χ3n) is 5.43. The number of likely N-dealkylation sites (N-methyl/N-ethyl adjacent to an activating group) is 1. The second-order valence-electron chi connectivity index (χ2n) is 7.45. The monoisotopic (exact) mass is 355 g/mol. The topological polar surface area (TPSA) is 74.5 Å². The molecule has 0 radical (unpaired) electrons. The predicted octanol–water partition coefficient (Wildman–Crippen LogP) is 0.909. The van der Waals surface area contributed by atoms with Crippen LogP contribution in [0, 0.1) is 6.92 Å². The first-order valence-electron chi connectivity index (χ1n) is 9.15. The van der Waals surface area contributed by atoms with E-state index >= 15 is 0 Å².